The lowest BCUT2D eigenvalue weighted by Gasteiger charge is -2.31. The van der Waals surface area contributed by atoms with Crippen LogP contribution in [-0.2, 0) is 9.53 Å². The smallest absolute Gasteiger partial charge is 0.290 e. The van der Waals surface area contributed by atoms with Crippen LogP contribution in [0.15, 0.2) is 24.5 Å². The van der Waals surface area contributed by atoms with E-state index in [9.17, 15) is 9.90 Å². The summed E-state index contributed by atoms with van der Waals surface area (Å²) >= 11 is 0. The Morgan fingerprint density at radius 3 is 2.81 bits per heavy atom. The number of nitrogens with zero attached hydrogens (tertiary/aromatic N) is 6. The van der Waals surface area contributed by atoms with Crippen molar-refractivity contribution in [1.82, 2.24) is 30.0 Å². The third kappa shape index (κ3) is 5.56. The van der Waals surface area contributed by atoms with Crippen molar-refractivity contribution in [2.75, 3.05) is 39.4 Å². The van der Waals surface area contributed by atoms with Crippen LogP contribution in [0, 0.1) is 5.92 Å². The Hall–Kier alpha value is -3.05. The number of aromatic nitrogens is 4. The van der Waals surface area contributed by atoms with Crippen LogP contribution in [0.25, 0.3) is 5.69 Å². The summed E-state index contributed by atoms with van der Waals surface area (Å²) in [5.41, 5.74) is 0.906. The second-order valence-electron chi connectivity index (χ2n) is 7.68. The fraction of sp³-hybridized carbons (Fsp3) is 0.550. The van der Waals surface area contributed by atoms with Gasteiger partial charge in [0.15, 0.2) is 0 Å². The molecule has 2 saturated heterocycles. The first-order valence-electron chi connectivity index (χ1n) is 10.3. The maximum atomic E-state index is 13.3. The van der Waals surface area contributed by atoms with E-state index in [-0.39, 0.29) is 35.7 Å². The maximum Gasteiger partial charge on any atom is 0.290 e. The molecule has 0 aliphatic carbocycles. The number of benzene rings is 1. The second kappa shape index (κ2) is 10.8. The summed E-state index contributed by atoms with van der Waals surface area (Å²) in [7, 11) is 0. The molecule has 11 nitrogen and oxygen atoms in total. The zero-order valence-electron chi connectivity index (χ0n) is 17.5. The number of unbranched alkanes of at least 4 members (excludes halogenated alkanes) is 1. The Balaban J connectivity index is 0.000000858. The summed E-state index contributed by atoms with van der Waals surface area (Å²) in [6, 6.07) is 5.02. The first kappa shape index (κ1) is 22.6. The Bertz CT molecular complexity index is 862. The molecule has 4 rings (SSSR count). The largest absolute Gasteiger partial charge is 0.507 e. The van der Waals surface area contributed by atoms with Gasteiger partial charge in [-0.15, -0.1) is 5.10 Å². The van der Waals surface area contributed by atoms with Gasteiger partial charge >= 0.3 is 0 Å². The highest BCUT2D eigenvalue weighted by atomic mass is 16.5. The molecule has 1 amide bonds. The zero-order chi connectivity index (χ0) is 22.2. The van der Waals surface area contributed by atoms with Crippen LogP contribution in [0.1, 0.15) is 30.1 Å². The Kier molecular flexibility index (Phi) is 7.90. The number of phenolic OH excluding ortho intramolecular Hbond substituents is 1. The minimum absolute atomic E-state index is 0.0321. The number of rotatable bonds is 5. The summed E-state index contributed by atoms with van der Waals surface area (Å²) in [5.74, 6) is 0.0788. The molecule has 168 valence electrons. The lowest BCUT2D eigenvalue weighted by molar-refractivity contribution is -0.122. The summed E-state index contributed by atoms with van der Waals surface area (Å²) < 4.78 is 7.31. The number of tetrazole rings is 1. The molecule has 1 aromatic heterocycles. The van der Waals surface area contributed by atoms with Crippen molar-refractivity contribution in [3.8, 4) is 11.4 Å². The number of phenols is 1. The van der Waals surface area contributed by atoms with Crippen LogP contribution in [-0.4, -0.2) is 98.0 Å². The van der Waals surface area contributed by atoms with Crippen molar-refractivity contribution < 1.29 is 24.5 Å². The number of aromatic hydroxyl groups is 1. The standard InChI is InChI=1S/C19H26N6O3.CH2O2/c1-2-3-6-23-8-14-9-24(10-16(23)12-28-11-14)19(27)17-7-15(4-5-18(17)26)25-13-20-21-22-25;2-1-3/h4-5,7,13-14,16,26H,2-3,6,8-12H2,1H3;1H,(H,2,3)/t14-,16+;/m1./s1. The van der Waals surface area contributed by atoms with Crippen LogP contribution in [0.5, 0.6) is 5.75 Å². The van der Waals surface area contributed by atoms with Crippen molar-refractivity contribution in [2.24, 2.45) is 5.92 Å². The zero-order valence-corrected chi connectivity index (χ0v) is 17.5. The highest BCUT2D eigenvalue weighted by Crippen LogP contribution is 2.26. The van der Waals surface area contributed by atoms with E-state index in [4.69, 9.17) is 14.6 Å². The maximum absolute atomic E-state index is 13.3. The molecule has 0 unspecified atom stereocenters. The van der Waals surface area contributed by atoms with E-state index >= 15 is 0 Å². The number of ether oxygens (including phenoxy) is 1. The molecule has 2 aromatic rings. The van der Waals surface area contributed by atoms with Crippen molar-refractivity contribution >= 4 is 12.4 Å². The average molecular weight is 432 g/mol. The van der Waals surface area contributed by atoms with Crippen LogP contribution < -0.4 is 0 Å². The Morgan fingerprint density at radius 2 is 2.10 bits per heavy atom. The molecule has 2 bridgehead atoms. The van der Waals surface area contributed by atoms with E-state index in [0.717, 1.165) is 25.9 Å². The molecular formula is C20H28N6O5. The highest BCUT2D eigenvalue weighted by molar-refractivity contribution is 5.97. The number of amides is 1. The first-order chi connectivity index (χ1) is 15.1. The lowest BCUT2D eigenvalue weighted by atomic mass is 10.1. The molecule has 11 heteroatoms. The predicted molar refractivity (Wildman–Crippen MR) is 110 cm³/mol. The number of carboxylic acid groups (broad SMARTS) is 1. The van der Waals surface area contributed by atoms with Gasteiger partial charge in [-0.25, -0.2) is 4.68 Å². The minimum Gasteiger partial charge on any atom is -0.507 e. The summed E-state index contributed by atoms with van der Waals surface area (Å²) in [6.45, 7) is 6.46. The summed E-state index contributed by atoms with van der Waals surface area (Å²) in [6.07, 6.45) is 3.75. The number of hydrogen-bond acceptors (Lipinski definition) is 8. The third-order valence-electron chi connectivity index (χ3n) is 5.49. The molecule has 2 atom stereocenters. The van der Waals surface area contributed by atoms with Gasteiger partial charge in [0.25, 0.3) is 12.4 Å². The fourth-order valence-electron chi connectivity index (χ4n) is 4.02. The minimum atomic E-state index is -0.250. The molecule has 2 N–H and O–H groups in total. The van der Waals surface area contributed by atoms with E-state index in [1.54, 1.807) is 12.1 Å². The normalized spacial score (nSPS) is 21.0. The van der Waals surface area contributed by atoms with Gasteiger partial charge in [-0.2, -0.15) is 0 Å². The van der Waals surface area contributed by atoms with Crippen LogP contribution in [0.3, 0.4) is 0 Å². The lowest BCUT2D eigenvalue weighted by Crippen LogP contribution is -2.46. The van der Waals surface area contributed by atoms with E-state index < -0.39 is 0 Å². The van der Waals surface area contributed by atoms with E-state index in [0.29, 0.717) is 32.0 Å². The summed E-state index contributed by atoms with van der Waals surface area (Å²) in [5, 5.41) is 28.3. The highest BCUT2D eigenvalue weighted by Gasteiger charge is 2.35. The van der Waals surface area contributed by atoms with Crippen LogP contribution >= 0.6 is 0 Å². The van der Waals surface area contributed by atoms with Gasteiger partial charge < -0.3 is 19.8 Å². The van der Waals surface area contributed by atoms with Gasteiger partial charge in [0.1, 0.15) is 12.1 Å². The van der Waals surface area contributed by atoms with Gasteiger partial charge in [-0.05, 0) is 41.6 Å². The van der Waals surface area contributed by atoms with E-state index in [1.807, 2.05) is 4.90 Å². The molecule has 3 heterocycles. The van der Waals surface area contributed by atoms with E-state index in [1.165, 1.54) is 17.1 Å². The van der Waals surface area contributed by atoms with Crippen LogP contribution in [0.2, 0.25) is 0 Å². The molecular weight excluding hydrogens is 404 g/mol. The van der Waals surface area contributed by atoms with Gasteiger partial charge in [0.05, 0.1) is 30.5 Å². The van der Waals surface area contributed by atoms with Crippen LogP contribution in [0.4, 0.5) is 0 Å². The second-order valence-corrected chi connectivity index (χ2v) is 7.68. The third-order valence-corrected chi connectivity index (χ3v) is 5.49. The average Bonchev–Trinajstić information content (AvgIpc) is 3.14. The van der Waals surface area contributed by atoms with Crippen molar-refractivity contribution in [1.29, 1.82) is 0 Å². The van der Waals surface area contributed by atoms with Gasteiger partial charge in [0.2, 0.25) is 0 Å². The Labute approximate surface area is 180 Å². The fourth-order valence-corrected chi connectivity index (χ4v) is 4.02. The van der Waals surface area contributed by atoms with Gasteiger partial charge in [-0.1, -0.05) is 13.3 Å². The molecule has 31 heavy (non-hydrogen) atoms. The van der Waals surface area contributed by atoms with Crippen molar-refractivity contribution in [3.63, 3.8) is 0 Å². The number of carbonyl (C=O) groups is 2. The molecule has 1 aromatic carbocycles. The molecule has 2 aliphatic heterocycles. The summed E-state index contributed by atoms with van der Waals surface area (Å²) in [4.78, 5) is 26.0. The molecule has 0 saturated carbocycles. The number of hydrogen-bond donors (Lipinski definition) is 2. The van der Waals surface area contributed by atoms with E-state index in [2.05, 4.69) is 27.3 Å². The van der Waals surface area contributed by atoms with Crippen molar-refractivity contribution in [3.05, 3.63) is 30.1 Å². The Morgan fingerprint density at radius 1 is 1.29 bits per heavy atom. The van der Waals surface area contributed by atoms with Gasteiger partial charge in [-0.3, -0.25) is 14.5 Å². The molecule has 2 aliphatic rings. The van der Waals surface area contributed by atoms with Gasteiger partial charge in [0, 0.05) is 25.6 Å². The predicted octanol–water partition coefficient (Wildman–Crippen LogP) is 0.642. The number of fused-ring (bicyclic) bond motifs is 3. The first-order valence-corrected chi connectivity index (χ1v) is 10.3. The van der Waals surface area contributed by atoms with Crippen molar-refractivity contribution in [2.45, 2.75) is 25.8 Å². The quantitative estimate of drug-likeness (QED) is 0.653. The number of carbonyl (C=O) groups excluding carboxylic acids is 1. The SMILES string of the molecule is CCCCN1C[C@H]2COC[C@@H]1CN(C(=O)c1cc(-n3cnnn3)ccc1O)C2.O=CO. The molecule has 0 spiro atoms. The topological polar surface area (TPSA) is 134 Å². The molecule has 2 fully saturated rings. The monoisotopic (exact) mass is 432 g/mol. The molecule has 0 radical (unpaired) electrons.